The summed E-state index contributed by atoms with van der Waals surface area (Å²) < 4.78 is 13.3. The molecule has 1 aromatic carbocycles. The first-order valence-electron chi connectivity index (χ1n) is 5.15. The van der Waals surface area contributed by atoms with E-state index in [0.717, 1.165) is 0 Å². The maximum Gasteiger partial charge on any atom is 0.320 e. The van der Waals surface area contributed by atoms with Crippen LogP contribution < -0.4 is 0 Å². The van der Waals surface area contributed by atoms with Gasteiger partial charge in [-0.3, -0.25) is 9.69 Å². The van der Waals surface area contributed by atoms with Gasteiger partial charge in [0.1, 0.15) is 11.9 Å². The second-order valence-corrected chi connectivity index (χ2v) is 3.95. The Morgan fingerprint density at radius 2 is 2.06 bits per heavy atom. The van der Waals surface area contributed by atoms with Crippen LogP contribution in [0.5, 0.6) is 0 Å². The summed E-state index contributed by atoms with van der Waals surface area (Å²) in [5.74, 6) is -1.15. The van der Waals surface area contributed by atoms with Crippen molar-refractivity contribution in [3.05, 3.63) is 35.6 Å². The van der Waals surface area contributed by atoms with Gasteiger partial charge in [0.2, 0.25) is 0 Å². The van der Waals surface area contributed by atoms with Gasteiger partial charge in [-0.15, -0.1) is 0 Å². The maximum atomic E-state index is 13.3. The fourth-order valence-electron chi connectivity index (χ4n) is 1.60. The second-order valence-electron chi connectivity index (χ2n) is 3.95. The summed E-state index contributed by atoms with van der Waals surface area (Å²) in [5, 5.41) is 8.96. The number of aliphatic carboxylic acids is 1. The smallest absolute Gasteiger partial charge is 0.320 e. The number of hydrogen-bond acceptors (Lipinski definition) is 2. The lowest BCUT2D eigenvalue weighted by atomic mass is 10.0. The van der Waals surface area contributed by atoms with E-state index in [9.17, 15) is 9.18 Å². The SMILES string of the molecule is CN(C)C(CCc1ccccc1F)C(=O)O. The van der Waals surface area contributed by atoms with E-state index in [-0.39, 0.29) is 5.82 Å². The molecular formula is C12H16FNO2. The fourth-order valence-corrected chi connectivity index (χ4v) is 1.60. The van der Waals surface area contributed by atoms with Crippen LogP contribution >= 0.6 is 0 Å². The van der Waals surface area contributed by atoms with Crippen molar-refractivity contribution in [1.82, 2.24) is 4.90 Å². The molecule has 1 N–H and O–H groups in total. The number of aryl methyl sites for hydroxylation is 1. The second kappa shape index (κ2) is 5.61. The number of benzene rings is 1. The number of hydrogen-bond donors (Lipinski definition) is 1. The topological polar surface area (TPSA) is 40.5 Å². The van der Waals surface area contributed by atoms with Crippen molar-refractivity contribution in [1.29, 1.82) is 0 Å². The minimum atomic E-state index is -0.874. The molecule has 0 amide bonds. The Balaban J connectivity index is 2.63. The van der Waals surface area contributed by atoms with E-state index in [2.05, 4.69) is 0 Å². The third-order valence-corrected chi connectivity index (χ3v) is 2.55. The first-order valence-corrected chi connectivity index (χ1v) is 5.15. The first-order chi connectivity index (χ1) is 7.52. The third-order valence-electron chi connectivity index (χ3n) is 2.55. The molecule has 0 aliphatic heterocycles. The summed E-state index contributed by atoms with van der Waals surface area (Å²) in [6, 6.07) is 5.88. The zero-order valence-electron chi connectivity index (χ0n) is 9.48. The van der Waals surface area contributed by atoms with Gasteiger partial charge in [0.25, 0.3) is 0 Å². The molecule has 0 saturated carbocycles. The van der Waals surface area contributed by atoms with Crippen molar-refractivity contribution in [3.8, 4) is 0 Å². The highest BCUT2D eigenvalue weighted by molar-refractivity contribution is 5.73. The lowest BCUT2D eigenvalue weighted by molar-refractivity contribution is -0.142. The fraction of sp³-hybridized carbons (Fsp3) is 0.417. The predicted molar refractivity (Wildman–Crippen MR) is 59.8 cm³/mol. The van der Waals surface area contributed by atoms with Crippen molar-refractivity contribution < 1.29 is 14.3 Å². The summed E-state index contributed by atoms with van der Waals surface area (Å²) in [5.41, 5.74) is 0.565. The van der Waals surface area contributed by atoms with Crippen molar-refractivity contribution >= 4 is 5.97 Å². The van der Waals surface area contributed by atoms with E-state index in [4.69, 9.17) is 5.11 Å². The Bertz CT molecular complexity index is 366. The Kier molecular flexibility index (Phi) is 4.43. The maximum absolute atomic E-state index is 13.3. The standard InChI is InChI=1S/C12H16FNO2/c1-14(2)11(12(15)16)8-7-9-5-3-4-6-10(9)13/h3-6,11H,7-8H2,1-2H3,(H,15,16). The van der Waals surface area contributed by atoms with Crippen molar-refractivity contribution in [2.45, 2.75) is 18.9 Å². The lowest BCUT2D eigenvalue weighted by Crippen LogP contribution is -2.36. The van der Waals surface area contributed by atoms with Crippen LogP contribution in [0.4, 0.5) is 4.39 Å². The van der Waals surface area contributed by atoms with E-state index < -0.39 is 12.0 Å². The molecule has 88 valence electrons. The molecule has 0 bridgehead atoms. The molecule has 0 radical (unpaired) electrons. The van der Waals surface area contributed by atoms with E-state index in [1.54, 1.807) is 37.2 Å². The van der Waals surface area contributed by atoms with Crippen LogP contribution in [0.2, 0.25) is 0 Å². The third kappa shape index (κ3) is 3.31. The van der Waals surface area contributed by atoms with Crippen LogP contribution in [-0.4, -0.2) is 36.1 Å². The molecule has 0 saturated heterocycles. The molecule has 1 rings (SSSR count). The first kappa shape index (κ1) is 12.6. The van der Waals surface area contributed by atoms with Crippen LogP contribution in [0.15, 0.2) is 24.3 Å². The van der Waals surface area contributed by atoms with Crippen LogP contribution in [0.3, 0.4) is 0 Å². The van der Waals surface area contributed by atoms with Gasteiger partial charge in [-0.2, -0.15) is 0 Å². The molecule has 0 aromatic heterocycles. The van der Waals surface area contributed by atoms with Crippen LogP contribution in [0.1, 0.15) is 12.0 Å². The van der Waals surface area contributed by atoms with Crippen LogP contribution in [-0.2, 0) is 11.2 Å². The minimum Gasteiger partial charge on any atom is -0.480 e. The Labute approximate surface area is 94.5 Å². The van der Waals surface area contributed by atoms with Crippen LogP contribution in [0.25, 0.3) is 0 Å². The van der Waals surface area contributed by atoms with E-state index in [1.165, 1.54) is 6.07 Å². The Morgan fingerprint density at radius 3 is 2.56 bits per heavy atom. The average molecular weight is 225 g/mol. The lowest BCUT2D eigenvalue weighted by Gasteiger charge is -2.19. The zero-order valence-corrected chi connectivity index (χ0v) is 9.48. The van der Waals surface area contributed by atoms with Gasteiger partial charge in [0.05, 0.1) is 0 Å². The molecule has 3 nitrogen and oxygen atoms in total. The van der Waals surface area contributed by atoms with Gasteiger partial charge in [-0.1, -0.05) is 18.2 Å². The Hall–Kier alpha value is -1.42. The number of carboxylic acids is 1. The normalized spacial score (nSPS) is 12.8. The molecule has 1 aromatic rings. The summed E-state index contributed by atoms with van der Waals surface area (Å²) in [6.45, 7) is 0. The van der Waals surface area contributed by atoms with Crippen molar-refractivity contribution in [2.75, 3.05) is 14.1 Å². The number of likely N-dealkylation sites (N-methyl/N-ethyl adjacent to an activating group) is 1. The molecule has 4 heteroatoms. The molecule has 0 fully saturated rings. The van der Waals surface area contributed by atoms with Gasteiger partial charge in [0, 0.05) is 0 Å². The van der Waals surface area contributed by atoms with Crippen LogP contribution in [0, 0.1) is 5.82 Å². The number of rotatable bonds is 5. The quantitative estimate of drug-likeness (QED) is 0.830. The minimum absolute atomic E-state index is 0.273. The molecule has 1 unspecified atom stereocenters. The number of carboxylic acid groups (broad SMARTS) is 1. The molecule has 16 heavy (non-hydrogen) atoms. The highest BCUT2D eigenvalue weighted by atomic mass is 19.1. The van der Waals surface area contributed by atoms with Gasteiger partial charge in [0.15, 0.2) is 0 Å². The largest absolute Gasteiger partial charge is 0.480 e. The summed E-state index contributed by atoms with van der Waals surface area (Å²) in [4.78, 5) is 12.5. The van der Waals surface area contributed by atoms with E-state index in [0.29, 0.717) is 18.4 Å². The predicted octanol–water partition coefficient (Wildman–Crippen LogP) is 1.77. The summed E-state index contributed by atoms with van der Waals surface area (Å²) in [7, 11) is 3.42. The number of nitrogens with zero attached hydrogens (tertiary/aromatic N) is 1. The monoisotopic (exact) mass is 225 g/mol. The summed E-state index contributed by atoms with van der Waals surface area (Å²) >= 11 is 0. The number of carbonyl (C=O) groups is 1. The molecule has 0 spiro atoms. The molecule has 1 atom stereocenters. The van der Waals surface area contributed by atoms with Gasteiger partial charge in [-0.05, 0) is 38.6 Å². The van der Waals surface area contributed by atoms with E-state index in [1.807, 2.05) is 0 Å². The van der Waals surface area contributed by atoms with Gasteiger partial charge >= 0.3 is 5.97 Å². The number of halogens is 1. The zero-order chi connectivity index (χ0) is 12.1. The van der Waals surface area contributed by atoms with Gasteiger partial charge < -0.3 is 5.11 Å². The van der Waals surface area contributed by atoms with Gasteiger partial charge in [-0.25, -0.2) is 4.39 Å². The highest BCUT2D eigenvalue weighted by Gasteiger charge is 2.19. The van der Waals surface area contributed by atoms with E-state index >= 15 is 0 Å². The highest BCUT2D eigenvalue weighted by Crippen LogP contribution is 2.12. The van der Waals surface area contributed by atoms with Crippen molar-refractivity contribution in [2.24, 2.45) is 0 Å². The average Bonchev–Trinajstić information content (AvgIpc) is 2.20. The molecule has 0 aliphatic carbocycles. The molecular weight excluding hydrogens is 209 g/mol. The molecule has 0 aliphatic rings. The Morgan fingerprint density at radius 1 is 1.44 bits per heavy atom. The summed E-state index contributed by atoms with van der Waals surface area (Å²) in [6.07, 6.45) is 0.838. The van der Waals surface area contributed by atoms with Crippen molar-refractivity contribution in [3.63, 3.8) is 0 Å². The molecule has 0 heterocycles.